The Morgan fingerprint density at radius 2 is 1.57 bits per heavy atom. The third kappa shape index (κ3) is 6.15. The van der Waals surface area contributed by atoms with Gasteiger partial charge < -0.3 is 15.4 Å². The van der Waals surface area contributed by atoms with E-state index in [1.165, 1.54) is 0 Å². The van der Waals surface area contributed by atoms with E-state index in [0.29, 0.717) is 17.9 Å². The van der Waals surface area contributed by atoms with Crippen LogP contribution in [0.4, 0.5) is 0 Å². The Labute approximate surface area is 164 Å². The summed E-state index contributed by atoms with van der Waals surface area (Å²) in [7, 11) is 0. The summed E-state index contributed by atoms with van der Waals surface area (Å²) in [4.78, 5) is 35.5. The number of nitrogens with one attached hydrogen (secondary N) is 3. The number of amides is 3. The molecule has 0 saturated heterocycles. The third-order valence-electron chi connectivity index (χ3n) is 3.99. The van der Waals surface area contributed by atoms with Gasteiger partial charge in [0.15, 0.2) is 6.61 Å². The monoisotopic (exact) mass is 386 g/mol. The molecule has 0 bridgehead atoms. The number of hydrogen-bond donors (Lipinski definition) is 3. The quantitative estimate of drug-likeness (QED) is 0.608. The van der Waals surface area contributed by atoms with Gasteiger partial charge in [-0.25, -0.2) is 0 Å². The van der Waals surface area contributed by atoms with Gasteiger partial charge in [-0.1, -0.05) is 6.92 Å². The Morgan fingerprint density at radius 1 is 0.929 bits per heavy atom. The Bertz CT molecular complexity index is 808. The molecule has 0 saturated carbocycles. The average Bonchev–Trinajstić information content (AvgIpc) is 3.01. The van der Waals surface area contributed by atoms with Crippen LogP contribution in [0.5, 0.6) is 5.75 Å². The number of benzene rings is 1. The first-order valence-electron chi connectivity index (χ1n) is 9.13. The highest BCUT2D eigenvalue weighted by molar-refractivity contribution is 6.00. The van der Waals surface area contributed by atoms with Crippen molar-refractivity contribution in [3.8, 4) is 5.75 Å². The topological polar surface area (TPSA) is 101 Å². The lowest BCUT2D eigenvalue weighted by atomic mass is 10.2. The number of aryl methyl sites for hydroxylation is 2. The Hall–Kier alpha value is -3.29. The van der Waals surface area contributed by atoms with Crippen molar-refractivity contribution >= 4 is 17.7 Å². The molecule has 0 spiro atoms. The van der Waals surface area contributed by atoms with Crippen molar-refractivity contribution in [1.82, 2.24) is 15.3 Å². The molecule has 3 N–H and O–H groups in total. The molecule has 0 fully saturated rings. The van der Waals surface area contributed by atoms with E-state index in [1.54, 1.807) is 28.9 Å². The van der Waals surface area contributed by atoms with Gasteiger partial charge in [-0.3, -0.25) is 24.5 Å². The largest absolute Gasteiger partial charge is 0.484 e. The van der Waals surface area contributed by atoms with E-state index in [9.17, 15) is 14.4 Å². The Kier molecular flexibility index (Phi) is 7.62. The molecule has 1 heterocycles. The SMILES string of the molecule is CCCNC(=O)CNC(=O)COc1ccc(C(=O)Nn2c(C)ccc2C)cc1. The fourth-order valence-corrected chi connectivity index (χ4v) is 2.42. The van der Waals surface area contributed by atoms with Crippen LogP contribution in [0.3, 0.4) is 0 Å². The van der Waals surface area contributed by atoms with E-state index in [0.717, 1.165) is 17.8 Å². The van der Waals surface area contributed by atoms with E-state index >= 15 is 0 Å². The summed E-state index contributed by atoms with van der Waals surface area (Å²) in [5.74, 6) is -0.425. The molecule has 2 rings (SSSR count). The molecule has 8 heteroatoms. The van der Waals surface area contributed by atoms with Crippen LogP contribution >= 0.6 is 0 Å². The van der Waals surface area contributed by atoms with Crippen molar-refractivity contribution < 1.29 is 19.1 Å². The number of aromatic nitrogens is 1. The smallest absolute Gasteiger partial charge is 0.270 e. The first-order valence-corrected chi connectivity index (χ1v) is 9.13. The zero-order chi connectivity index (χ0) is 20.5. The van der Waals surface area contributed by atoms with Crippen molar-refractivity contribution in [1.29, 1.82) is 0 Å². The third-order valence-corrected chi connectivity index (χ3v) is 3.99. The van der Waals surface area contributed by atoms with Gasteiger partial charge in [0, 0.05) is 23.5 Å². The molecule has 150 valence electrons. The fourth-order valence-electron chi connectivity index (χ4n) is 2.42. The van der Waals surface area contributed by atoms with E-state index in [-0.39, 0.29) is 25.0 Å². The molecule has 3 amide bonds. The summed E-state index contributed by atoms with van der Waals surface area (Å²) in [6.07, 6.45) is 0.835. The molecule has 1 aromatic carbocycles. The maximum Gasteiger partial charge on any atom is 0.270 e. The molecular weight excluding hydrogens is 360 g/mol. The van der Waals surface area contributed by atoms with Crippen LogP contribution in [0.2, 0.25) is 0 Å². The summed E-state index contributed by atoms with van der Waals surface area (Å²) >= 11 is 0. The van der Waals surface area contributed by atoms with Gasteiger partial charge in [-0.2, -0.15) is 0 Å². The second-order valence-electron chi connectivity index (χ2n) is 6.33. The highest BCUT2D eigenvalue weighted by atomic mass is 16.5. The highest BCUT2D eigenvalue weighted by Gasteiger charge is 2.10. The molecule has 0 aliphatic carbocycles. The standard InChI is InChI=1S/C20H26N4O4/c1-4-11-21-18(25)12-22-19(26)13-28-17-9-7-16(8-10-17)20(27)23-24-14(2)5-6-15(24)3/h5-10H,4,11-13H2,1-3H3,(H,21,25)(H,22,26)(H,23,27). The van der Waals surface area contributed by atoms with E-state index in [2.05, 4.69) is 16.1 Å². The van der Waals surface area contributed by atoms with Gasteiger partial charge in [0.25, 0.3) is 11.8 Å². The molecule has 0 unspecified atom stereocenters. The molecule has 1 aromatic heterocycles. The number of carbonyl (C=O) groups excluding carboxylic acids is 3. The lowest BCUT2D eigenvalue weighted by molar-refractivity contribution is -0.127. The predicted octanol–water partition coefficient (Wildman–Crippen LogP) is 1.51. The number of ether oxygens (including phenoxy) is 1. The van der Waals surface area contributed by atoms with Gasteiger partial charge in [0.1, 0.15) is 5.75 Å². The lowest BCUT2D eigenvalue weighted by Gasteiger charge is -2.12. The van der Waals surface area contributed by atoms with Gasteiger partial charge in [0.2, 0.25) is 5.91 Å². The lowest BCUT2D eigenvalue weighted by Crippen LogP contribution is -2.39. The summed E-state index contributed by atoms with van der Waals surface area (Å²) in [6.45, 7) is 6.04. The number of hydrogen-bond acceptors (Lipinski definition) is 4. The van der Waals surface area contributed by atoms with Gasteiger partial charge in [0.05, 0.1) is 6.54 Å². The van der Waals surface area contributed by atoms with Crippen LogP contribution in [0.1, 0.15) is 35.1 Å². The average molecular weight is 386 g/mol. The molecular formula is C20H26N4O4. The molecule has 2 aromatic rings. The molecule has 0 radical (unpaired) electrons. The molecule has 28 heavy (non-hydrogen) atoms. The van der Waals surface area contributed by atoms with Crippen molar-refractivity contribution in [2.75, 3.05) is 25.1 Å². The van der Waals surface area contributed by atoms with Gasteiger partial charge in [-0.05, 0) is 56.7 Å². The minimum Gasteiger partial charge on any atom is -0.484 e. The Balaban J connectivity index is 1.80. The molecule has 0 atom stereocenters. The maximum atomic E-state index is 12.3. The maximum absolute atomic E-state index is 12.3. The van der Waals surface area contributed by atoms with Crippen molar-refractivity contribution in [2.45, 2.75) is 27.2 Å². The first-order chi connectivity index (χ1) is 13.4. The summed E-state index contributed by atoms with van der Waals surface area (Å²) in [6, 6.07) is 10.3. The van der Waals surface area contributed by atoms with Crippen molar-refractivity contribution in [2.24, 2.45) is 0 Å². The van der Waals surface area contributed by atoms with E-state index in [1.807, 2.05) is 32.9 Å². The zero-order valence-corrected chi connectivity index (χ0v) is 16.4. The minimum absolute atomic E-state index is 0.0838. The van der Waals surface area contributed by atoms with Crippen molar-refractivity contribution in [3.05, 3.63) is 53.3 Å². The second kappa shape index (κ2) is 10.1. The van der Waals surface area contributed by atoms with Crippen LogP contribution in [0.25, 0.3) is 0 Å². The minimum atomic E-state index is -0.396. The fraction of sp³-hybridized carbons (Fsp3) is 0.350. The van der Waals surface area contributed by atoms with Crippen molar-refractivity contribution in [3.63, 3.8) is 0 Å². The number of rotatable bonds is 9. The molecule has 8 nitrogen and oxygen atoms in total. The van der Waals surface area contributed by atoms with Crippen LogP contribution in [-0.4, -0.2) is 42.1 Å². The molecule has 0 aliphatic rings. The summed E-state index contributed by atoms with van der Waals surface area (Å²) < 4.78 is 7.10. The van der Waals surface area contributed by atoms with E-state index in [4.69, 9.17) is 4.74 Å². The number of nitrogens with zero attached hydrogens (tertiary/aromatic N) is 1. The predicted molar refractivity (Wildman–Crippen MR) is 106 cm³/mol. The normalized spacial score (nSPS) is 10.2. The van der Waals surface area contributed by atoms with Crippen LogP contribution in [-0.2, 0) is 9.59 Å². The molecule has 0 aliphatic heterocycles. The van der Waals surface area contributed by atoms with Crippen LogP contribution in [0, 0.1) is 13.8 Å². The Morgan fingerprint density at radius 3 is 2.18 bits per heavy atom. The highest BCUT2D eigenvalue weighted by Crippen LogP contribution is 2.13. The first kappa shape index (κ1) is 21.0. The van der Waals surface area contributed by atoms with Crippen LogP contribution in [0.15, 0.2) is 36.4 Å². The van der Waals surface area contributed by atoms with Gasteiger partial charge in [-0.15, -0.1) is 0 Å². The second-order valence-corrected chi connectivity index (χ2v) is 6.33. The van der Waals surface area contributed by atoms with E-state index < -0.39 is 5.91 Å². The van der Waals surface area contributed by atoms with Crippen LogP contribution < -0.4 is 20.8 Å². The zero-order valence-electron chi connectivity index (χ0n) is 16.4. The summed E-state index contributed by atoms with van der Waals surface area (Å²) in [5.41, 5.74) is 5.15. The summed E-state index contributed by atoms with van der Waals surface area (Å²) in [5, 5.41) is 5.15. The van der Waals surface area contributed by atoms with Gasteiger partial charge >= 0.3 is 0 Å². The number of carbonyl (C=O) groups is 3.